The van der Waals surface area contributed by atoms with E-state index in [9.17, 15) is 4.79 Å². The van der Waals surface area contributed by atoms with Gasteiger partial charge in [0.25, 0.3) is 0 Å². The number of carbonyl (C=O) groups is 1. The van der Waals surface area contributed by atoms with E-state index in [1.54, 1.807) is 14.2 Å². The van der Waals surface area contributed by atoms with Gasteiger partial charge in [-0.2, -0.15) is 0 Å². The van der Waals surface area contributed by atoms with E-state index in [2.05, 4.69) is 21.2 Å². The quantitative estimate of drug-likeness (QED) is 0.870. The number of halogens is 1. The van der Waals surface area contributed by atoms with E-state index >= 15 is 0 Å². The second kappa shape index (κ2) is 5.86. The lowest BCUT2D eigenvalue weighted by Crippen LogP contribution is -2.40. The number of ether oxygens (including phenoxy) is 1. The van der Waals surface area contributed by atoms with Crippen molar-refractivity contribution in [3.63, 3.8) is 0 Å². The molecule has 0 bridgehead atoms. The molecule has 1 aromatic rings. The lowest BCUT2D eigenvalue weighted by atomic mass is 10.1. The van der Waals surface area contributed by atoms with Crippen molar-refractivity contribution in [2.24, 2.45) is 5.73 Å². The van der Waals surface area contributed by atoms with Gasteiger partial charge in [0.05, 0.1) is 17.6 Å². The molecule has 5 heteroatoms. The third-order valence-electron chi connectivity index (χ3n) is 2.25. The summed E-state index contributed by atoms with van der Waals surface area (Å²) in [4.78, 5) is 11.3. The summed E-state index contributed by atoms with van der Waals surface area (Å²) < 4.78 is 5.97. The van der Waals surface area contributed by atoms with Gasteiger partial charge in [-0.05, 0) is 40.0 Å². The molecule has 1 unspecified atom stereocenters. The zero-order chi connectivity index (χ0) is 12.1. The van der Waals surface area contributed by atoms with Crippen LogP contribution in [0.25, 0.3) is 0 Å². The molecule has 1 atom stereocenters. The molecule has 0 aliphatic carbocycles. The van der Waals surface area contributed by atoms with Crippen molar-refractivity contribution in [1.82, 2.24) is 5.32 Å². The van der Waals surface area contributed by atoms with E-state index in [4.69, 9.17) is 10.5 Å². The number of nitrogens with one attached hydrogen (secondary N) is 1. The molecule has 0 spiro atoms. The Bertz CT molecular complexity index is 382. The fourth-order valence-corrected chi connectivity index (χ4v) is 1.96. The fraction of sp³-hybridized carbons (Fsp3) is 0.364. The zero-order valence-corrected chi connectivity index (χ0v) is 10.9. The summed E-state index contributed by atoms with van der Waals surface area (Å²) in [6, 6.07) is 5.12. The molecular weight excluding hydrogens is 272 g/mol. The summed E-state index contributed by atoms with van der Waals surface area (Å²) in [6.07, 6.45) is 0.502. The summed E-state index contributed by atoms with van der Waals surface area (Å²) in [5, 5.41) is 2.52. The number of methoxy groups -OCH3 is 1. The van der Waals surface area contributed by atoms with E-state index in [1.165, 1.54) is 0 Å². The summed E-state index contributed by atoms with van der Waals surface area (Å²) in [5.74, 6) is 0.601. The molecule has 0 saturated heterocycles. The first kappa shape index (κ1) is 13.0. The lowest BCUT2D eigenvalue weighted by Gasteiger charge is -2.11. The lowest BCUT2D eigenvalue weighted by molar-refractivity contribution is -0.121. The highest BCUT2D eigenvalue weighted by Crippen LogP contribution is 2.25. The number of hydrogen-bond acceptors (Lipinski definition) is 3. The highest BCUT2D eigenvalue weighted by atomic mass is 79.9. The number of likely N-dealkylation sites (N-methyl/N-ethyl adjacent to an activating group) is 1. The van der Waals surface area contributed by atoms with Gasteiger partial charge in [0, 0.05) is 7.05 Å². The Morgan fingerprint density at radius 3 is 2.81 bits per heavy atom. The summed E-state index contributed by atoms with van der Waals surface area (Å²) in [7, 11) is 3.18. The number of carbonyl (C=O) groups excluding carboxylic acids is 1. The Balaban J connectivity index is 2.75. The number of amides is 1. The second-order valence-corrected chi connectivity index (χ2v) is 4.25. The van der Waals surface area contributed by atoms with Gasteiger partial charge in [0.2, 0.25) is 5.91 Å². The summed E-state index contributed by atoms with van der Waals surface area (Å²) >= 11 is 3.38. The molecule has 1 rings (SSSR count). The van der Waals surface area contributed by atoms with E-state index in [1.807, 2.05) is 18.2 Å². The normalized spacial score (nSPS) is 12.0. The molecule has 4 nitrogen and oxygen atoms in total. The molecule has 0 heterocycles. The van der Waals surface area contributed by atoms with Crippen LogP contribution >= 0.6 is 15.9 Å². The van der Waals surface area contributed by atoms with Gasteiger partial charge < -0.3 is 15.8 Å². The first-order chi connectivity index (χ1) is 7.58. The van der Waals surface area contributed by atoms with Gasteiger partial charge in [0.1, 0.15) is 5.75 Å². The minimum atomic E-state index is -0.523. The van der Waals surface area contributed by atoms with Gasteiger partial charge in [-0.1, -0.05) is 6.07 Å². The van der Waals surface area contributed by atoms with Gasteiger partial charge >= 0.3 is 0 Å². The largest absolute Gasteiger partial charge is 0.496 e. The summed E-state index contributed by atoms with van der Waals surface area (Å²) in [5.41, 5.74) is 6.71. The minimum Gasteiger partial charge on any atom is -0.496 e. The zero-order valence-electron chi connectivity index (χ0n) is 9.29. The third kappa shape index (κ3) is 3.21. The fourth-order valence-electron chi connectivity index (χ4n) is 1.37. The SMILES string of the molecule is CNC(=O)C(N)Cc1ccc(OC)c(Br)c1. The van der Waals surface area contributed by atoms with Crippen LogP contribution in [0.15, 0.2) is 22.7 Å². The molecule has 3 N–H and O–H groups in total. The van der Waals surface area contributed by atoms with Crippen molar-refractivity contribution in [1.29, 1.82) is 0 Å². The molecule has 0 aliphatic heterocycles. The predicted octanol–water partition coefficient (Wildman–Crippen LogP) is 1.07. The average molecular weight is 287 g/mol. The molecule has 0 aromatic heterocycles. The van der Waals surface area contributed by atoms with Crippen LogP contribution in [0.5, 0.6) is 5.75 Å². The maximum absolute atomic E-state index is 11.3. The maximum Gasteiger partial charge on any atom is 0.237 e. The number of rotatable bonds is 4. The smallest absolute Gasteiger partial charge is 0.237 e. The van der Waals surface area contributed by atoms with Crippen molar-refractivity contribution in [3.8, 4) is 5.75 Å². The number of nitrogens with two attached hydrogens (primary N) is 1. The standard InChI is InChI=1S/C11H15BrN2O2/c1-14-11(15)9(13)6-7-3-4-10(16-2)8(12)5-7/h3-5,9H,6,13H2,1-2H3,(H,14,15). The van der Waals surface area contributed by atoms with Gasteiger partial charge in [-0.25, -0.2) is 0 Å². The Labute approximate surface area is 103 Å². The van der Waals surface area contributed by atoms with Crippen LogP contribution < -0.4 is 15.8 Å². The molecule has 0 radical (unpaired) electrons. The highest BCUT2D eigenvalue weighted by molar-refractivity contribution is 9.10. The highest BCUT2D eigenvalue weighted by Gasteiger charge is 2.12. The molecule has 0 fully saturated rings. The molecule has 0 saturated carbocycles. The van der Waals surface area contributed by atoms with Crippen LogP contribution in [-0.2, 0) is 11.2 Å². The Morgan fingerprint density at radius 2 is 2.31 bits per heavy atom. The monoisotopic (exact) mass is 286 g/mol. The number of benzene rings is 1. The Morgan fingerprint density at radius 1 is 1.62 bits per heavy atom. The van der Waals surface area contributed by atoms with E-state index in [0.717, 1.165) is 15.8 Å². The number of hydrogen-bond donors (Lipinski definition) is 2. The Kier molecular flexibility index (Phi) is 4.76. The van der Waals surface area contributed by atoms with Crippen LogP contribution in [0, 0.1) is 0 Å². The van der Waals surface area contributed by atoms with Crippen molar-refractivity contribution >= 4 is 21.8 Å². The van der Waals surface area contributed by atoms with E-state index in [-0.39, 0.29) is 5.91 Å². The van der Waals surface area contributed by atoms with Crippen LogP contribution in [-0.4, -0.2) is 26.1 Å². The van der Waals surface area contributed by atoms with Crippen molar-refractivity contribution in [2.75, 3.05) is 14.2 Å². The molecular formula is C11H15BrN2O2. The van der Waals surface area contributed by atoms with Crippen molar-refractivity contribution < 1.29 is 9.53 Å². The van der Waals surface area contributed by atoms with Crippen molar-refractivity contribution in [3.05, 3.63) is 28.2 Å². The van der Waals surface area contributed by atoms with Gasteiger partial charge in [0.15, 0.2) is 0 Å². The maximum atomic E-state index is 11.3. The van der Waals surface area contributed by atoms with Crippen LogP contribution in [0.4, 0.5) is 0 Å². The first-order valence-electron chi connectivity index (χ1n) is 4.88. The van der Waals surface area contributed by atoms with Crippen LogP contribution in [0.1, 0.15) is 5.56 Å². The van der Waals surface area contributed by atoms with E-state index in [0.29, 0.717) is 6.42 Å². The predicted molar refractivity (Wildman–Crippen MR) is 66.4 cm³/mol. The van der Waals surface area contributed by atoms with Crippen molar-refractivity contribution in [2.45, 2.75) is 12.5 Å². The second-order valence-electron chi connectivity index (χ2n) is 3.39. The minimum absolute atomic E-state index is 0.160. The molecule has 0 aliphatic rings. The molecule has 88 valence electrons. The van der Waals surface area contributed by atoms with Gasteiger partial charge in [-0.15, -0.1) is 0 Å². The molecule has 16 heavy (non-hydrogen) atoms. The van der Waals surface area contributed by atoms with Crippen LogP contribution in [0.3, 0.4) is 0 Å². The topological polar surface area (TPSA) is 64.4 Å². The average Bonchev–Trinajstić information content (AvgIpc) is 2.28. The Hall–Kier alpha value is -1.07. The third-order valence-corrected chi connectivity index (χ3v) is 2.87. The van der Waals surface area contributed by atoms with Crippen LogP contribution in [0.2, 0.25) is 0 Å². The van der Waals surface area contributed by atoms with Gasteiger partial charge in [-0.3, -0.25) is 4.79 Å². The first-order valence-corrected chi connectivity index (χ1v) is 5.67. The van der Waals surface area contributed by atoms with E-state index < -0.39 is 6.04 Å². The molecule has 1 aromatic carbocycles. The molecule has 1 amide bonds. The summed E-state index contributed by atoms with van der Waals surface area (Å²) in [6.45, 7) is 0.